The fraction of sp³-hybridized carbons (Fsp3) is 0.765. The zero-order valence-electron chi connectivity index (χ0n) is 13.9. The van der Waals surface area contributed by atoms with Crippen molar-refractivity contribution in [2.75, 3.05) is 11.9 Å². The molecule has 2 rings (SSSR count). The number of hydrogen-bond acceptors (Lipinski definition) is 4. The van der Waals surface area contributed by atoms with Crippen LogP contribution in [-0.4, -0.2) is 22.6 Å². The number of nitrogens with one attached hydrogen (secondary N) is 1. The van der Waals surface area contributed by atoms with Crippen LogP contribution in [0.25, 0.3) is 0 Å². The van der Waals surface area contributed by atoms with E-state index in [9.17, 15) is 0 Å². The first-order valence-electron chi connectivity index (χ1n) is 8.38. The van der Waals surface area contributed by atoms with Gasteiger partial charge in [0.1, 0.15) is 17.7 Å². The van der Waals surface area contributed by atoms with Crippen molar-refractivity contribution >= 4 is 5.82 Å². The summed E-state index contributed by atoms with van der Waals surface area (Å²) in [5, 5.41) is 3.34. The van der Waals surface area contributed by atoms with Crippen LogP contribution in [0.3, 0.4) is 0 Å². The average molecular weight is 291 g/mol. The van der Waals surface area contributed by atoms with Crippen LogP contribution in [0, 0.1) is 5.92 Å². The lowest BCUT2D eigenvalue weighted by molar-refractivity contribution is 0.129. The SMILES string of the molecule is CCCNc1cc(OC2CCC(C)CC2)nc(C(C)C)n1. The average Bonchev–Trinajstić information content (AvgIpc) is 2.47. The van der Waals surface area contributed by atoms with Crippen molar-refractivity contribution in [2.45, 2.75) is 71.8 Å². The molecule has 0 amide bonds. The standard InChI is InChI=1S/C17H29N3O/c1-5-10-18-15-11-16(20-17(19-15)12(2)3)21-14-8-6-13(4)7-9-14/h11-14H,5-10H2,1-4H3,(H,18,19,20). The van der Waals surface area contributed by atoms with Gasteiger partial charge in [0, 0.05) is 18.5 Å². The molecule has 1 aliphatic rings. The summed E-state index contributed by atoms with van der Waals surface area (Å²) >= 11 is 0. The van der Waals surface area contributed by atoms with Crippen LogP contribution in [0.2, 0.25) is 0 Å². The fourth-order valence-electron chi connectivity index (χ4n) is 2.62. The van der Waals surface area contributed by atoms with E-state index >= 15 is 0 Å². The van der Waals surface area contributed by atoms with E-state index in [2.05, 4.69) is 43.0 Å². The molecular weight excluding hydrogens is 262 g/mol. The van der Waals surface area contributed by atoms with Gasteiger partial charge in [-0.05, 0) is 38.0 Å². The van der Waals surface area contributed by atoms with Gasteiger partial charge in [0.05, 0.1) is 0 Å². The van der Waals surface area contributed by atoms with Gasteiger partial charge in [-0.15, -0.1) is 0 Å². The van der Waals surface area contributed by atoms with Gasteiger partial charge in [0.2, 0.25) is 5.88 Å². The first-order chi connectivity index (χ1) is 10.1. The van der Waals surface area contributed by atoms with Crippen LogP contribution in [0.1, 0.15) is 71.5 Å². The lowest BCUT2D eigenvalue weighted by Crippen LogP contribution is -2.23. The van der Waals surface area contributed by atoms with Gasteiger partial charge in [0.15, 0.2) is 0 Å². The predicted octanol–water partition coefficient (Wildman–Crippen LogP) is 4.38. The summed E-state index contributed by atoms with van der Waals surface area (Å²) < 4.78 is 6.12. The van der Waals surface area contributed by atoms with Crippen LogP contribution in [0.5, 0.6) is 5.88 Å². The highest BCUT2D eigenvalue weighted by Gasteiger charge is 2.20. The Morgan fingerprint density at radius 2 is 1.95 bits per heavy atom. The molecule has 1 fully saturated rings. The van der Waals surface area contributed by atoms with E-state index in [1.54, 1.807) is 0 Å². The molecule has 0 unspecified atom stereocenters. The summed E-state index contributed by atoms with van der Waals surface area (Å²) in [4.78, 5) is 9.15. The summed E-state index contributed by atoms with van der Waals surface area (Å²) in [7, 11) is 0. The van der Waals surface area contributed by atoms with Crippen molar-refractivity contribution in [3.63, 3.8) is 0 Å². The second-order valence-electron chi connectivity index (χ2n) is 6.53. The molecular formula is C17H29N3O. The number of anilines is 1. The minimum atomic E-state index is 0.308. The van der Waals surface area contributed by atoms with Crippen LogP contribution in [-0.2, 0) is 0 Å². The summed E-state index contributed by atoms with van der Waals surface area (Å²) in [6.45, 7) is 9.63. The molecule has 1 saturated carbocycles. The maximum Gasteiger partial charge on any atom is 0.219 e. The van der Waals surface area contributed by atoms with Crippen molar-refractivity contribution in [3.05, 3.63) is 11.9 Å². The van der Waals surface area contributed by atoms with Crippen molar-refractivity contribution in [1.29, 1.82) is 0 Å². The Bertz CT molecular complexity index is 440. The lowest BCUT2D eigenvalue weighted by Gasteiger charge is -2.26. The highest BCUT2D eigenvalue weighted by atomic mass is 16.5. The van der Waals surface area contributed by atoms with E-state index in [0.717, 1.165) is 49.2 Å². The molecule has 4 nitrogen and oxygen atoms in total. The normalized spacial score (nSPS) is 22.3. The van der Waals surface area contributed by atoms with E-state index in [4.69, 9.17) is 4.74 Å². The molecule has 1 aliphatic carbocycles. The van der Waals surface area contributed by atoms with Crippen LogP contribution in [0.4, 0.5) is 5.82 Å². The monoisotopic (exact) mass is 291 g/mol. The van der Waals surface area contributed by atoms with Crippen LogP contribution in [0.15, 0.2) is 6.07 Å². The molecule has 0 spiro atoms. The maximum absolute atomic E-state index is 6.12. The molecule has 0 atom stereocenters. The third-order valence-electron chi connectivity index (χ3n) is 4.04. The number of nitrogens with zero attached hydrogens (tertiary/aromatic N) is 2. The number of hydrogen-bond donors (Lipinski definition) is 1. The second kappa shape index (κ2) is 7.62. The summed E-state index contributed by atoms with van der Waals surface area (Å²) in [6, 6.07) is 1.94. The Kier molecular flexibility index (Phi) is 5.83. The van der Waals surface area contributed by atoms with E-state index in [1.165, 1.54) is 12.8 Å². The minimum absolute atomic E-state index is 0.308. The van der Waals surface area contributed by atoms with E-state index in [-0.39, 0.29) is 0 Å². The largest absolute Gasteiger partial charge is 0.474 e. The number of aromatic nitrogens is 2. The molecule has 0 saturated heterocycles. The highest BCUT2D eigenvalue weighted by molar-refractivity contribution is 5.38. The summed E-state index contributed by atoms with van der Waals surface area (Å²) in [5.41, 5.74) is 0. The van der Waals surface area contributed by atoms with Gasteiger partial charge in [0.25, 0.3) is 0 Å². The maximum atomic E-state index is 6.12. The Morgan fingerprint density at radius 1 is 1.24 bits per heavy atom. The molecule has 0 bridgehead atoms. The molecule has 1 aromatic heterocycles. The molecule has 118 valence electrons. The van der Waals surface area contributed by atoms with Crippen molar-refractivity contribution in [3.8, 4) is 5.88 Å². The predicted molar refractivity (Wildman–Crippen MR) is 86.9 cm³/mol. The van der Waals surface area contributed by atoms with Gasteiger partial charge < -0.3 is 10.1 Å². The number of ether oxygens (including phenoxy) is 1. The van der Waals surface area contributed by atoms with Crippen LogP contribution < -0.4 is 10.1 Å². The third-order valence-corrected chi connectivity index (χ3v) is 4.04. The fourth-order valence-corrected chi connectivity index (χ4v) is 2.62. The topological polar surface area (TPSA) is 47.0 Å². The quantitative estimate of drug-likeness (QED) is 0.845. The zero-order chi connectivity index (χ0) is 15.2. The van der Waals surface area contributed by atoms with Crippen molar-refractivity contribution in [2.24, 2.45) is 5.92 Å². The third kappa shape index (κ3) is 4.87. The molecule has 0 aliphatic heterocycles. The van der Waals surface area contributed by atoms with E-state index in [1.807, 2.05) is 6.07 Å². The first-order valence-corrected chi connectivity index (χ1v) is 8.38. The Hall–Kier alpha value is -1.32. The van der Waals surface area contributed by atoms with Gasteiger partial charge >= 0.3 is 0 Å². The Balaban J connectivity index is 2.07. The van der Waals surface area contributed by atoms with Crippen LogP contribution >= 0.6 is 0 Å². The van der Waals surface area contributed by atoms with E-state index in [0.29, 0.717) is 12.0 Å². The van der Waals surface area contributed by atoms with Crippen molar-refractivity contribution in [1.82, 2.24) is 9.97 Å². The molecule has 4 heteroatoms. The molecule has 1 N–H and O–H groups in total. The highest BCUT2D eigenvalue weighted by Crippen LogP contribution is 2.27. The van der Waals surface area contributed by atoms with Crippen molar-refractivity contribution < 1.29 is 4.74 Å². The molecule has 0 aromatic carbocycles. The molecule has 0 radical (unpaired) electrons. The molecule has 1 heterocycles. The number of rotatable bonds is 6. The van der Waals surface area contributed by atoms with E-state index < -0.39 is 0 Å². The Morgan fingerprint density at radius 3 is 2.57 bits per heavy atom. The first kappa shape index (κ1) is 16.1. The Labute approximate surface area is 128 Å². The second-order valence-corrected chi connectivity index (χ2v) is 6.53. The lowest BCUT2D eigenvalue weighted by atomic mass is 9.89. The van der Waals surface area contributed by atoms with Gasteiger partial charge in [-0.2, -0.15) is 4.98 Å². The summed E-state index contributed by atoms with van der Waals surface area (Å²) in [5.74, 6) is 3.61. The van der Waals surface area contributed by atoms with Gasteiger partial charge in [-0.1, -0.05) is 27.7 Å². The summed E-state index contributed by atoms with van der Waals surface area (Å²) in [6.07, 6.45) is 6.19. The minimum Gasteiger partial charge on any atom is -0.474 e. The molecule has 1 aromatic rings. The molecule has 21 heavy (non-hydrogen) atoms. The van der Waals surface area contributed by atoms with Gasteiger partial charge in [-0.25, -0.2) is 4.98 Å². The van der Waals surface area contributed by atoms with Gasteiger partial charge in [-0.3, -0.25) is 0 Å². The smallest absolute Gasteiger partial charge is 0.219 e. The zero-order valence-corrected chi connectivity index (χ0v) is 13.9.